The van der Waals surface area contributed by atoms with E-state index in [9.17, 15) is 14.0 Å². The number of rotatable bonds is 5. The lowest BCUT2D eigenvalue weighted by Gasteiger charge is -2.22. The van der Waals surface area contributed by atoms with Gasteiger partial charge in [0.1, 0.15) is 11.4 Å². The molecule has 0 bridgehead atoms. The number of nitrogens with two attached hydrogens (primary N) is 1. The second kappa shape index (κ2) is 6.26. The molecule has 1 aromatic rings. The van der Waals surface area contributed by atoms with E-state index in [-0.39, 0.29) is 29.7 Å². The molecule has 1 unspecified atom stereocenters. The molecule has 7 heteroatoms. The van der Waals surface area contributed by atoms with Crippen LogP contribution in [-0.2, 0) is 9.53 Å². The molecular formula is C14H15FN2O3S. The van der Waals surface area contributed by atoms with Gasteiger partial charge in [-0.25, -0.2) is 9.38 Å². The summed E-state index contributed by atoms with van der Waals surface area (Å²) in [6.45, 7) is 1.92. The molecule has 1 aromatic carbocycles. The lowest BCUT2D eigenvalue weighted by molar-refractivity contribution is -0.143. The van der Waals surface area contributed by atoms with Crippen LogP contribution in [0, 0.1) is 5.82 Å². The summed E-state index contributed by atoms with van der Waals surface area (Å²) >= 11 is 1.22. The number of benzene rings is 1. The van der Waals surface area contributed by atoms with Gasteiger partial charge in [0.2, 0.25) is 0 Å². The number of amidine groups is 1. The van der Waals surface area contributed by atoms with Crippen LogP contribution in [0.2, 0.25) is 0 Å². The van der Waals surface area contributed by atoms with Crippen molar-refractivity contribution in [2.75, 3.05) is 12.4 Å². The number of carbonyl (C=O) groups is 2. The molecule has 0 fully saturated rings. The quantitative estimate of drug-likeness (QED) is 0.662. The molecule has 1 atom stereocenters. The number of ether oxygens (including phenoxy) is 1. The van der Waals surface area contributed by atoms with E-state index >= 15 is 0 Å². The summed E-state index contributed by atoms with van der Waals surface area (Å²) in [6, 6.07) is 5.14. The molecule has 0 amide bonds. The van der Waals surface area contributed by atoms with Crippen molar-refractivity contribution in [3.63, 3.8) is 0 Å². The molecular weight excluding hydrogens is 295 g/mol. The molecule has 5 nitrogen and oxygen atoms in total. The van der Waals surface area contributed by atoms with Gasteiger partial charge in [0.05, 0.1) is 13.0 Å². The van der Waals surface area contributed by atoms with E-state index in [1.807, 2.05) is 0 Å². The Morgan fingerprint density at radius 3 is 2.62 bits per heavy atom. The second-order valence-electron chi connectivity index (χ2n) is 4.59. The third-order valence-electron chi connectivity index (χ3n) is 3.05. The average Bonchev–Trinajstić information content (AvgIpc) is 2.81. The van der Waals surface area contributed by atoms with E-state index in [4.69, 9.17) is 10.5 Å². The van der Waals surface area contributed by atoms with Gasteiger partial charge in [-0.3, -0.25) is 9.59 Å². The third kappa shape index (κ3) is 3.41. The number of carbonyl (C=O) groups excluding carboxylic acids is 2. The maximum atomic E-state index is 13.0. The van der Waals surface area contributed by atoms with Crippen molar-refractivity contribution in [3.05, 3.63) is 35.6 Å². The highest BCUT2D eigenvalue weighted by molar-refractivity contribution is 8.14. The van der Waals surface area contributed by atoms with E-state index in [1.54, 1.807) is 6.92 Å². The fourth-order valence-electron chi connectivity index (χ4n) is 2.08. The standard InChI is InChI=1S/C14H15FN2O3S/c1-2-20-11(18)7-14(8-21-13(16)17-14)12(19)9-3-5-10(15)6-4-9/h3-6H,2,7-8H2,1H3,(H2,16,17). The van der Waals surface area contributed by atoms with E-state index in [1.165, 1.54) is 36.0 Å². The van der Waals surface area contributed by atoms with Crippen molar-refractivity contribution in [3.8, 4) is 0 Å². The number of halogens is 1. The number of Topliss-reactive ketones (excluding diaryl/α,β-unsaturated/α-hetero) is 1. The molecule has 0 saturated heterocycles. The van der Waals surface area contributed by atoms with Gasteiger partial charge in [-0.15, -0.1) is 0 Å². The Morgan fingerprint density at radius 2 is 2.10 bits per heavy atom. The number of aliphatic imine (C=N–C) groups is 1. The number of esters is 1. The molecule has 2 N–H and O–H groups in total. The Hall–Kier alpha value is -1.89. The van der Waals surface area contributed by atoms with E-state index in [0.717, 1.165) is 0 Å². The van der Waals surface area contributed by atoms with Gasteiger partial charge >= 0.3 is 5.97 Å². The predicted molar refractivity (Wildman–Crippen MR) is 78.8 cm³/mol. The van der Waals surface area contributed by atoms with E-state index < -0.39 is 17.3 Å². The molecule has 0 radical (unpaired) electrons. The first kappa shape index (κ1) is 15.5. The number of nitrogens with zero attached hydrogens (tertiary/aromatic N) is 1. The summed E-state index contributed by atoms with van der Waals surface area (Å²) < 4.78 is 17.9. The molecule has 2 rings (SSSR count). The highest BCUT2D eigenvalue weighted by Crippen LogP contribution is 2.33. The van der Waals surface area contributed by atoms with Crippen LogP contribution in [0.15, 0.2) is 29.3 Å². The second-order valence-corrected chi connectivity index (χ2v) is 5.58. The van der Waals surface area contributed by atoms with Crippen molar-refractivity contribution < 1.29 is 18.7 Å². The Kier molecular flexibility index (Phi) is 4.62. The highest BCUT2D eigenvalue weighted by Gasteiger charge is 2.45. The SMILES string of the molecule is CCOC(=O)CC1(C(=O)c2ccc(F)cc2)CSC(N)=N1. The maximum Gasteiger partial charge on any atom is 0.308 e. The van der Waals surface area contributed by atoms with Gasteiger partial charge in [0.25, 0.3) is 0 Å². The first-order valence-corrected chi connectivity index (χ1v) is 7.39. The van der Waals surface area contributed by atoms with Crippen LogP contribution in [0.5, 0.6) is 0 Å². The Balaban J connectivity index is 2.30. The minimum atomic E-state index is -1.27. The zero-order valence-corrected chi connectivity index (χ0v) is 12.3. The molecule has 1 aliphatic heterocycles. The Morgan fingerprint density at radius 1 is 1.43 bits per heavy atom. The molecule has 112 valence electrons. The number of thioether (sulfide) groups is 1. The van der Waals surface area contributed by atoms with E-state index in [2.05, 4.69) is 4.99 Å². The topological polar surface area (TPSA) is 81.8 Å². The zero-order chi connectivity index (χ0) is 15.5. The van der Waals surface area contributed by atoms with Gasteiger partial charge in [0, 0.05) is 11.3 Å². The number of hydrogen-bond donors (Lipinski definition) is 1. The normalized spacial score (nSPS) is 21.0. The average molecular weight is 310 g/mol. The highest BCUT2D eigenvalue weighted by atomic mass is 32.2. The summed E-state index contributed by atoms with van der Waals surface area (Å²) in [4.78, 5) is 28.6. The molecule has 1 aliphatic rings. The number of ketones is 1. The minimum Gasteiger partial charge on any atom is -0.466 e. The Bertz CT molecular complexity index is 588. The van der Waals surface area contributed by atoms with E-state index in [0.29, 0.717) is 5.56 Å². The molecule has 0 spiro atoms. The van der Waals surface area contributed by atoms with Crippen molar-refractivity contribution in [1.29, 1.82) is 0 Å². The Labute approximate surface area is 125 Å². The van der Waals surface area contributed by atoms with Gasteiger partial charge in [-0.05, 0) is 31.2 Å². The van der Waals surface area contributed by atoms with Crippen LogP contribution in [0.1, 0.15) is 23.7 Å². The van der Waals surface area contributed by atoms with Crippen LogP contribution in [0.25, 0.3) is 0 Å². The van der Waals surface area contributed by atoms with Gasteiger partial charge in [0.15, 0.2) is 11.0 Å². The van der Waals surface area contributed by atoms with Crippen LogP contribution in [-0.4, -0.2) is 34.8 Å². The molecule has 0 aliphatic carbocycles. The van der Waals surface area contributed by atoms with Crippen LogP contribution < -0.4 is 5.73 Å². The lowest BCUT2D eigenvalue weighted by Crippen LogP contribution is -2.40. The fourth-order valence-corrected chi connectivity index (χ4v) is 3.00. The summed E-state index contributed by atoms with van der Waals surface area (Å²) in [5.74, 6) is -1.03. The summed E-state index contributed by atoms with van der Waals surface area (Å²) in [7, 11) is 0. The van der Waals surface area contributed by atoms with Gasteiger partial charge in [-0.1, -0.05) is 11.8 Å². The van der Waals surface area contributed by atoms with Crippen molar-refractivity contribution in [2.45, 2.75) is 18.9 Å². The third-order valence-corrected chi connectivity index (χ3v) is 4.06. The maximum absolute atomic E-state index is 13.0. The number of hydrogen-bond acceptors (Lipinski definition) is 6. The van der Waals surface area contributed by atoms with Gasteiger partial charge < -0.3 is 10.5 Å². The monoisotopic (exact) mass is 310 g/mol. The van der Waals surface area contributed by atoms with Crippen LogP contribution >= 0.6 is 11.8 Å². The first-order chi connectivity index (χ1) is 9.97. The molecule has 1 heterocycles. The molecule has 0 aromatic heterocycles. The lowest BCUT2D eigenvalue weighted by atomic mass is 9.88. The van der Waals surface area contributed by atoms with Gasteiger partial charge in [-0.2, -0.15) is 0 Å². The summed E-state index contributed by atoms with van der Waals surface area (Å²) in [5.41, 5.74) is 4.67. The summed E-state index contributed by atoms with van der Waals surface area (Å²) in [5, 5.41) is 0.259. The zero-order valence-electron chi connectivity index (χ0n) is 11.5. The predicted octanol–water partition coefficient (Wildman–Crippen LogP) is 1.76. The minimum absolute atomic E-state index is 0.176. The van der Waals surface area contributed by atoms with Crippen molar-refractivity contribution >= 4 is 28.7 Å². The molecule has 21 heavy (non-hydrogen) atoms. The van der Waals surface area contributed by atoms with Crippen LogP contribution in [0.4, 0.5) is 4.39 Å². The molecule has 0 saturated carbocycles. The largest absolute Gasteiger partial charge is 0.466 e. The first-order valence-electron chi connectivity index (χ1n) is 6.41. The summed E-state index contributed by atoms with van der Waals surface area (Å²) in [6.07, 6.45) is -0.176. The smallest absolute Gasteiger partial charge is 0.308 e. The van der Waals surface area contributed by atoms with Crippen LogP contribution in [0.3, 0.4) is 0 Å². The fraction of sp³-hybridized carbons (Fsp3) is 0.357. The van der Waals surface area contributed by atoms with Crippen molar-refractivity contribution in [1.82, 2.24) is 0 Å². The van der Waals surface area contributed by atoms with Crippen molar-refractivity contribution in [2.24, 2.45) is 10.7 Å².